The van der Waals surface area contributed by atoms with Crippen LogP contribution in [0.2, 0.25) is 0 Å². The van der Waals surface area contributed by atoms with Gasteiger partial charge < -0.3 is 23.7 Å². The van der Waals surface area contributed by atoms with E-state index in [-0.39, 0.29) is 11.9 Å². The molecule has 34 heavy (non-hydrogen) atoms. The van der Waals surface area contributed by atoms with Crippen LogP contribution in [-0.4, -0.2) is 45.6 Å². The fourth-order valence-corrected chi connectivity index (χ4v) is 4.34. The first-order valence-corrected chi connectivity index (χ1v) is 13.4. The largest absolute Gasteiger partial charge is 0.374 e. The zero-order valence-electron chi connectivity index (χ0n) is 21.7. The van der Waals surface area contributed by atoms with Crippen molar-refractivity contribution >= 4 is 0 Å². The third-order valence-electron chi connectivity index (χ3n) is 6.31. The van der Waals surface area contributed by atoms with Crippen LogP contribution in [0.1, 0.15) is 89.5 Å². The van der Waals surface area contributed by atoms with Gasteiger partial charge >= 0.3 is 0 Å². The molecule has 2 rings (SSSR count). The van der Waals surface area contributed by atoms with Crippen molar-refractivity contribution in [2.24, 2.45) is 0 Å². The Hall–Kier alpha value is -1.24. The van der Waals surface area contributed by atoms with Crippen molar-refractivity contribution in [2.45, 2.75) is 102 Å². The van der Waals surface area contributed by atoms with Crippen molar-refractivity contribution in [3.05, 3.63) is 48.0 Å². The van der Waals surface area contributed by atoms with Crippen LogP contribution in [0, 0.1) is 0 Å². The summed E-state index contributed by atoms with van der Waals surface area (Å²) in [5, 5.41) is 0. The molecule has 1 saturated heterocycles. The maximum atomic E-state index is 6.02. The molecule has 5 nitrogen and oxygen atoms in total. The molecule has 1 aromatic carbocycles. The summed E-state index contributed by atoms with van der Waals surface area (Å²) < 4.78 is 28.7. The van der Waals surface area contributed by atoms with E-state index in [2.05, 4.69) is 31.2 Å². The lowest BCUT2D eigenvalue weighted by Gasteiger charge is -2.27. The van der Waals surface area contributed by atoms with E-state index in [1.807, 2.05) is 18.2 Å². The van der Waals surface area contributed by atoms with Gasteiger partial charge in [-0.05, 0) is 37.7 Å². The SMILES string of the molecule is CCCCCCC1(CCCCCC/C=C/C[C@H](COCc2ccccc2)OCOC)OCCO1. The molecule has 0 aromatic heterocycles. The highest BCUT2D eigenvalue weighted by Gasteiger charge is 2.35. The van der Waals surface area contributed by atoms with Crippen molar-refractivity contribution in [2.75, 3.05) is 33.7 Å². The van der Waals surface area contributed by atoms with Gasteiger partial charge in [0.15, 0.2) is 5.79 Å². The van der Waals surface area contributed by atoms with Crippen molar-refractivity contribution in [3.63, 3.8) is 0 Å². The molecule has 1 fully saturated rings. The van der Waals surface area contributed by atoms with Gasteiger partial charge in [0.1, 0.15) is 6.79 Å². The predicted molar refractivity (Wildman–Crippen MR) is 138 cm³/mol. The molecule has 1 heterocycles. The van der Waals surface area contributed by atoms with E-state index in [1.54, 1.807) is 7.11 Å². The Morgan fingerprint density at radius 2 is 1.62 bits per heavy atom. The van der Waals surface area contributed by atoms with Gasteiger partial charge in [0.2, 0.25) is 0 Å². The maximum absolute atomic E-state index is 6.02. The van der Waals surface area contributed by atoms with Crippen molar-refractivity contribution in [3.8, 4) is 0 Å². The van der Waals surface area contributed by atoms with Crippen LogP contribution in [0.4, 0.5) is 0 Å². The van der Waals surface area contributed by atoms with Crippen LogP contribution in [0.15, 0.2) is 42.5 Å². The van der Waals surface area contributed by atoms with Crippen LogP contribution >= 0.6 is 0 Å². The highest BCUT2D eigenvalue weighted by Crippen LogP contribution is 2.31. The summed E-state index contributed by atoms with van der Waals surface area (Å²) >= 11 is 0. The Morgan fingerprint density at radius 1 is 0.912 bits per heavy atom. The number of allylic oxidation sites excluding steroid dienone is 1. The Balaban J connectivity index is 1.54. The van der Waals surface area contributed by atoms with Gasteiger partial charge in [-0.3, -0.25) is 0 Å². The molecule has 0 aliphatic carbocycles. The summed E-state index contributed by atoms with van der Waals surface area (Å²) in [4.78, 5) is 0. The minimum absolute atomic E-state index is 0.0137. The highest BCUT2D eigenvalue weighted by molar-refractivity contribution is 5.13. The van der Waals surface area contributed by atoms with E-state index in [4.69, 9.17) is 23.7 Å². The molecule has 0 unspecified atom stereocenters. The Kier molecular flexibility index (Phi) is 16.2. The first-order valence-electron chi connectivity index (χ1n) is 13.4. The molecule has 194 valence electrons. The van der Waals surface area contributed by atoms with Crippen molar-refractivity contribution in [1.29, 1.82) is 0 Å². The maximum Gasteiger partial charge on any atom is 0.168 e. The number of hydrogen-bond donors (Lipinski definition) is 0. The molecule has 0 radical (unpaired) electrons. The quantitative estimate of drug-likeness (QED) is 0.107. The molecule has 0 bridgehead atoms. The standard InChI is InChI=1S/C29H48O5/c1-3-4-5-15-20-29(33-22-23-34-29)21-16-10-8-6-7-9-14-19-28(32-26-30-2)25-31-24-27-17-12-11-13-18-27/h9,11-14,17-18,28H,3-8,10,15-16,19-26H2,1-2H3/b14-9+/t28-/m1/s1. The second-order valence-corrected chi connectivity index (χ2v) is 9.27. The van der Waals surface area contributed by atoms with E-state index in [9.17, 15) is 0 Å². The molecule has 0 N–H and O–H groups in total. The van der Waals surface area contributed by atoms with Crippen LogP contribution < -0.4 is 0 Å². The fraction of sp³-hybridized carbons (Fsp3) is 0.724. The van der Waals surface area contributed by atoms with Gasteiger partial charge in [0, 0.05) is 20.0 Å². The summed E-state index contributed by atoms with van der Waals surface area (Å²) in [6.45, 7) is 5.22. The lowest BCUT2D eigenvalue weighted by molar-refractivity contribution is -0.168. The zero-order chi connectivity index (χ0) is 24.2. The monoisotopic (exact) mass is 476 g/mol. The molecule has 1 aliphatic heterocycles. The number of methoxy groups -OCH3 is 1. The Morgan fingerprint density at radius 3 is 2.32 bits per heavy atom. The highest BCUT2D eigenvalue weighted by atomic mass is 16.7. The zero-order valence-corrected chi connectivity index (χ0v) is 21.7. The Bertz CT molecular complexity index is 612. The third kappa shape index (κ3) is 13.0. The molecule has 1 atom stereocenters. The normalized spacial score (nSPS) is 16.4. The van der Waals surface area contributed by atoms with Crippen LogP contribution in [0.3, 0.4) is 0 Å². The molecule has 1 aliphatic rings. The Labute approximate surface area is 208 Å². The molecular weight excluding hydrogens is 428 g/mol. The lowest BCUT2D eigenvalue weighted by atomic mass is 9.99. The summed E-state index contributed by atoms with van der Waals surface area (Å²) in [6.07, 6.45) is 18.5. The van der Waals surface area contributed by atoms with Gasteiger partial charge in [0.05, 0.1) is 32.5 Å². The van der Waals surface area contributed by atoms with Gasteiger partial charge in [-0.2, -0.15) is 0 Å². The lowest BCUT2D eigenvalue weighted by Crippen LogP contribution is -2.30. The van der Waals surface area contributed by atoms with Gasteiger partial charge in [-0.1, -0.05) is 81.5 Å². The van der Waals surface area contributed by atoms with Crippen LogP contribution in [0.5, 0.6) is 0 Å². The molecule has 0 amide bonds. The number of hydrogen-bond acceptors (Lipinski definition) is 5. The van der Waals surface area contributed by atoms with E-state index < -0.39 is 0 Å². The second kappa shape index (κ2) is 19.0. The average Bonchev–Trinajstić information content (AvgIpc) is 3.33. The molecule has 0 spiro atoms. The number of ether oxygens (including phenoxy) is 5. The topological polar surface area (TPSA) is 46.2 Å². The van der Waals surface area contributed by atoms with Crippen molar-refractivity contribution in [1.82, 2.24) is 0 Å². The third-order valence-corrected chi connectivity index (χ3v) is 6.31. The van der Waals surface area contributed by atoms with Crippen LogP contribution in [-0.2, 0) is 30.3 Å². The summed E-state index contributed by atoms with van der Waals surface area (Å²) in [5.74, 6) is -0.284. The van der Waals surface area contributed by atoms with Crippen molar-refractivity contribution < 1.29 is 23.7 Å². The number of rotatable bonds is 21. The number of unbranched alkanes of at least 4 members (excludes halogenated alkanes) is 7. The van der Waals surface area contributed by atoms with Gasteiger partial charge in [0.25, 0.3) is 0 Å². The molecule has 0 saturated carbocycles. The minimum Gasteiger partial charge on any atom is -0.374 e. The first-order chi connectivity index (χ1) is 16.8. The van der Waals surface area contributed by atoms with E-state index in [1.165, 1.54) is 56.9 Å². The van der Waals surface area contributed by atoms with E-state index in [0.717, 1.165) is 38.9 Å². The van der Waals surface area contributed by atoms with E-state index >= 15 is 0 Å². The number of benzene rings is 1. The second-order valence-electron chi connectivity index (χ2n) is 9.27. The molecule has 5 heteroatoms. The van der Waals surface area contributed by atoms with Crippen LogP contribution in [0.25, 0.3) is 0 Å². The smallest absolute Gasteiger partial charge is 0.168 e. The minimum atomic E-state index is -0.284. The first kappa shape index (κ1) is 29.0. The average molecular weight is 477 g/mol. The molecular formula is C29H48O5. The van der Waals surface area contributed by atoms with E-state index in [0.29, 0.717) is 20.0 Å². The molecule has 1 aromatic rings. The summed E-state index contributed by atoms with van der Waals surface area (Å²) in [7, 11) is 1.65. The summed E-state index contributed by atoms with van der Waals surface area (Å²) in [6, 6.07) is 10.2. The van der Waals surface area contributed by atoms with Gasteiger partial charge in [-0.15, -0.1) is 0 Å². The fourth-order valence-electron chi connectivity index (χ4n) is 4.34. The summed E-state index contributed by atoms with van der Waals surface area (Å²) in [5.41, 5.74) is 1.18. The van der Waals surface area contributed by atoms with Gasteiger partial charge in [-0.25, -0.2) is 0 Å². The predicted octanol–water partition coefficient (Wildman–Crippen LogP) is 7.19.